The lowest BCUT2D eigenvalue weighted by Gasteiger charge is -2.23. The van der Waals surface area contributed by atoms with E-state index in [0.29, 0.717) is 6.07 Å². The van der Waals surface area contributed by atoms with E-state index in [1.165, 1.54) is 6.92 Å². The normalized spacial score (nSPS) is 14.6. The Kier molecular flexibility index (Phi) is 8.51. The van der Waals surface area contributed by atoms with Gasteiger partial charge in [-0.3, -0.25) is 4.79 Å². The van der Waals surface area contributed by atoms with Crippen LogP contribution in [0.2, 0.25) is 0 Å². The van der Waals surface area contributed by atoms with E-state index < -0.39 is 59.7 Å². The zero-order chi connectivity index (χ0) is 25.0. The molecule has 1 aromatic carbocycles. The number of carboxylic acid groups (broad SMARTS) is 1. The molecule has 0 fully saturated rings. The molecule has 1 aromatic rings. The minimum absolute atomic E-state index is 0.0191. The molecule has 15 heteroatoms. The first kappa shape index (κ1) is 27.5. The van der Waals surface area contributed by atoms with Crippen molar-refractivity contribution in [2.75, 3.05) is 6.54 Å². The fraction of sp³-hybridized carbons (Fsp3) is 0.588. The van der Waals surface area contributed by atoms with Gasteiger partial charge < -0.3 is 25.1 Å². The van der Waals surface area contributed by atoms with E-state index in [1.807, 2.05) is 0 Å². The van der Waals surface area contributed by atoms with Crippen molar-refractivity contribution < 1.29 is 63.6 Å². The molecule has 1 atom stereocenters. The Labute approximate surface area is 175 Å². The number of aryl methyl sites for hydroxylation is 1. The van der Waals surface area contributed by atoms with E-state index in [0.717, 1.165) is 0 Å². The molecule has 0 aromatic heterocycles. The highest BCUT2D eigenvalue weighted by molar-refractivity contribution is 5.74. The molecule has 6 nitrogen and oxygen atoms in total. The Hall–Kier alpha value is -2.58. The molecule has 0 aliphatic heterocycles. The quantitative estimate of drug-likeness (QED) is 0.351. The van der Waals surface area contributed by atoms with E-state index in [4.69, 9.17) is 10.8 Å². The van der Waals surface area contributed by atoms with Crippen LogP contribution >= 0.6 is 0 Å². The smallest absolute Gasteiger partial charge is 0.481 e. The van der Waals surface area contributed by atoms with Crippen LogP contribution in [0.15, 0.2) is 12.1 Å². The average molecular weight is 487 g/mol. The zero-order valence-corrected chi connectivity index (χ0v) is 16.2. The summed E-state index contributed by atoms with van der Waals surface area (Å²) in [6.07, 6.45) is -17.1. The van der Waals surface area contributed by atoms with Gasteiger partial charge in [-0.05, 0) is 32.3 Å². The van der Waals surface area contributed by atoms with Crippen LogP contribution in [0.4, 0.5) is 39.5 Å². The monoisotopic (exact) mass is 487 g/mol. The Morgan fingerprint density at radius 1 is 0.906 bits per heavy atom. The fourth-order valence-electron chi connectivity index (χ4n) is 2.57. The minimum atomic E-state index is -5.55. The summed E-state index contributed by atoms with van der Waals surface area (Å²) in [4.78, 5) is 11.2. The van der Waals surface area contributed by atoms with Gasteiger partial charge in [-0.2, -0.15) is 0 Å². The largest absolute Gasteiger partial charge is 0.573 e. The first-order valence-electron chi connectivity index (χ1n) is 8.73. The van der Waals surface area contributed by atoms with Crippen LogP contribution in [0.1, 0.15) is 31.7 Å². The van der Waals surface area contributed by atoms with Crippen LogP contribution in [-0.2, 0) is 11.2 Å². The highest BCUT2D eigenvalue weighted by atomic mass is 19.4. The number of aliphatic carboxylic acids is 1. The van der Waals surface area contributed by atoms with E-state index in [1.54, 1.807) is 0 Å². The van der Waals surface area contributed by atoms with Gasteiger partial charge >= 0.3 is 25.1 Å². The Bertz CT molecular complexity index is 792. The van der Waals surface area contributed by atoms with Crippen molar-refractivity contribution in [2.24, 2.45) is 11.1 Å². The molecule has 0 saturated carbocycles. The molecule has 1 rings (SSSR count). The molecule has 3 N–H and O–H groups in total. The van der Waals surface area contributed by atoms with Gasteiger partial charge in [-0.25, -0.2) is 0 Å². The minimum Gasteiger partial charge on any atom is -0.481 e. The Morgan fingerprint density at radius 2 is 1.44 bits per heavy atom. The second-order valence-corrected chi connectivity index (χ2v) is 6.83. The topological polar surface area (TPSA) is 91.0 Å². The maximum Gasteiger partial charge on any atom is 0.573 e. The second-order valence-electron chi connectivity index (χ2n) is 6.83. The second kappa shape index (κ2) is 9.92. The van der Waals surface area contributed by atoms with Gasteiger partial charge in [0, 0.05) is 18.2 Å². The molecule has 184 valence electrons. The van der Waals surface area contributed by atoms with Gasteiger partial charge in [0.15, 0.2) is 11.5 Å². The predicted octanol–water partition coefficient (Wildman–Crippen LogP) is 5.14. The van der Waals surface area contributed by atoms with Crippen LogP contribution in [0, 0.1) is 5.41 Å². The van der Waals surface area contributed by atoms with Crippen LogP contribution in [-0.4, -0.2) is 36.7 Å². The molecule has 0 radical (unpaired) electrons. The van der Waals surface area contributed by atoms with Crippen molar-refractivity contribution in [1.29, 1.82) is 0 Å². The SMILES string of the molecule is CC(CN)(CCCCc1cc(OC(F)(F)F)cc(OC(F)(F)F)c1OC(F)(F)F)C(=O)O. The Morgan fingerprint density at radius 3 is 1.88 bits per heavy atom. The highest BCUT2D eigenvalue weighted by Crippen LogP contribution is 2.43. The molecule has 0 heterocycles. The van der Waals surface area contributed by atoms with Crippen LogP contribution in [0.5, 0.6) is 17.2 Å². The van der Waals surface area contributed by atoms with Gasteiger partial charge in [0.05, 0.1) is 5.41 Å². The lowest BCUT2D eigenvalue weighted by atomic mass is 9.84. The Balaban J connectivity index is 3.29. The first-order chi connectivity index (χ1) is 14.4. The van der Waals surface area contributed by atoms with Crippen molar-refractivity contribution in [3.8, 4) is 17.2 Å². The maximum atomic E-state index is 12.7. The number of ether oxygens (including phenoxy) is 3. The molecule has 1 unspecified atom stereocenters. The molecule has 0 aliphatic carbocycles. The fourth-order valence-corrected chi connectivity index (χ4v) is 2.57. The van der Waals surface area contributed by atoms with Crippen molar-refractivity contribution in [3.63, 3.8) is 0 Å². The molecule has 0 amide bonds. The van der Waals surface area contributed by atoms with Crippen molar-refractivity contribution >= 4 is 5.97 Å². The molecule has 0 aliphatic rings. The number of carbonyl (C=O) groups is 1. The maximum absolute atomic E-state index is 12.7. The van der Waals surface area contributed by atoms with Gasteiger partial charge in [0.1, 0.15) is 5.75 Å². The molecule has 0 saturated heterocycles. The van der Waals surface area contributed by atoms with Gasteiger partial charge in [0.25, 0.3) is 0 Å². The van der Waals surface area contributed by atoms with E-state index in [9.17, 15) is 44.3 Å². The summed E-state index contributed by atoms with van der Waals surface area (Å²) in [7, 11) is 0. The standard InChI is InChI=1S/C17H18F9NO5/c1-14(8-27,13(28)29)5-3-2-4-9-6-10(30-15(18,19)20)7-11(31-16(21,22)23)12(9)32-17(24,25)26/h6-7H,2-5,8,27H2,1H3,(H,28,29). The summed E-state index contributed by atoms with van der Waals surface area (Å²) in [6.45, 7) is 1.03. The van der Waals surface area contributed by atoms with Crippen molar-refractivity contribution in [3.05, 3.63) is 17.7 Å². The third-order valence-electron chi connectivity index (χ3n) is 4.17. The highest BCUT2D eigenvalue weighted by Gasteiger charge is 2.39. The number of rotatable bonds is 10. The van der Waals surface area contributed by atoms with E-state index in [-0.39, 0.29) is 31.9 Å². The summed E-state index contributed by atoms with van der Waals surface area (Å²) in [5, 5.41) is 9.14. The number of hydrogen-bond acceptors (Lipinski definition) is 5. The van der Waals surface area contributed by atoms with Crippen molar-refractivity contribution in [2.45, 2.75) is 51.7 Å². The number of benzene rings is 1. The summed E-state index contributed by atoms with van der Waals surface area (Å²) >= 11 is 0. The summed E-state index contributed by atoms with van der Waals surface area (Å²) in [5.41, 5.74) is 3.27. The van der Waals surface area contributed by atoms with Crippen LogP contribution in [0.3, 0.4) is 0 Å². The lowest BCUT2D eigenvalue weighted by Crippen LogP contribution is -2.35. The third kappa shape index (κ3) is 9.28. The van der Waals surface area contributed by atoms with Gasteiger partial charge in [-0.1, -0.05) is 6.42 Å². The third-order valence-corrected chi connectivity index (χ3v) is 4.17. The predicted molar refractivity (Wildman–Crippen MR) is 88.8 cm³/mol. The molecular formula is C17H18F9NO5. The van der Waals surface area contributed by atoms with E-state index >= 15 is 0 Å². The molecular weight excluding hydrogens is 469 g/mol. The molecule has 0 spiro atoms. The number of nitrogens with two attached hydrogens (primary N) is 1. The number of unbranched alkanes of at least 4 members (excludes halogenated alkanes) is 1. The summed E-state index contributed by atoms with van der Waals surface area (Å²) < 4.78 is 124. The van der Waals surface area contributed by atoms with Gasteiger partial charge in [0.2, 0.25) is 0 Å². The van der Waals surface area contributed by atoms with Crippen LogP contribution < -0.4 is 19.9 Å². The van der Waals surface area contributed by atoms with Crippen molar-refractivity contribution in [1.82, 2.24) is 0 Å². The van der Waals surface area contributed by atoms with Gasteiger partial charge in [-0.15, -0.1) is 39.5 Å². The lowest BCUT2D eigenvalue weighted by molar-refractivity contribution is -0.288. The molecule has 32 heavy (non-hydrogen) atoms. The zero-order valence-electron chi connectivity index (χ0n) is 16.2. The first-order valence-corrected chi connectivity index (χ1v) is 8.73. The van der Waals surface area contributed by atoms with Crippen LogP contribution in [0.25, 0.3) is 0 Å². The number of carboxylic acids is 1. The molecule has 0 bridgehead atoms. The number of alkyl halides is 9. The number of halogens is 9. The summed E-state index contributed by atoms with van der Waals surface area (Å²) in [5.74, 6) is -5.70. The number of hydrogen-bond donors (Lipinski definition) is 2. The average Bonchev–Trinajstić information content (AvgIpc) is 2.57. The summed E-state index contributed by atoms with van der Waals surface area (Å²) in [6, 6.07) is 0.387. The van der Waals surface area contributed by atoms with E-state index in [2.05, 4.69) is 14.2 Å².